The van der Waals surface area contributed by atoms with Crippen LogP contribution in [0.5, 0.6) is 0 Å². The molecule has 2 aromatic carbocycles. The van der Waals surface area contributed by atoms with Crippen LogP contribution >= 0.6 is 0 Å². The lowest BCUT2D eigenvalue weighted by Crippen LogP contribution is -2.47. The van der Waals surface area contributed by atoms with E-state index in [9.17, 15) is 33.0 Å². The van der Waals surface area contributed by atoms with Crippen molar-refractivity contribution in [3.63, 3.8) is 0 Å². The van der Waals surface area contributed by atoms with Gasteiger partial charge in [0, 0.05) is 19.4 Å². The van der Waals surface area contributed by atoms with Crippen LogP contribution in [0, 0.1) is 23.4 Å². The minimum absolute atomic E-state index is 0.0624. The smallest absolute Gasteiger partial charge is 0.243 e. The van der Waals surface area contributed by atoms with Gasteiger partial charge in [0.2, 0.25) is 11.8 Å². The van der Waals surface area contributed by atoms with E-state index in [1.807, 2.05) is 13.8 Å². The lowest BCUT2D eigenvalue weighted by Gasteiger charge is -2.26. The van der Waals surface area contributed by atoms with Crippen LogP contribution in [0.25, 0.3) is 11.1 Å². The monoisotopic (exact) mass is 464 g/mol. The van der Waals surface area contributed by atoms with Crippen LogP contribution < -0.4 is 5.32 Å². The second-order valence-electron chi connectivity index (χ2n) is 8.63. The van der Waals surface area contributed by atoms with Gasteiger partial charge in [0.05, 0.1) is 24.3 Å². The van der Waals surface area contributed by atoms with Gasteiger partial charge in [-0.2, -0.15) is 0 Å². The Kier molecular flexibility index (Phi) is 7.76. The van der Waals surface area contributed by atoms with Gasteiger partial charge in [0.15, 0.2) is 11.6 Å². The van der Waals surface area contributed by atoms with Crippen molar-refractivity contribution in [2.45, 2.75) is 44.9 Å². The summed E-state index contributed by atoms with van der Waals surface area (Å²) >= 11 is 0. The molecule has 2 amide bonds. The molecule has 6 nitrogen and oxygen atoms in total. The molecule has 0 saturated carbocycles. The normalized spacial score (nSPS) is 19.1. The summed E-state index contributed by atoms with van der Waals surface area (Å²) in [5.74, 6) is -4.05. The van der Waals surface area contributed by atoms with E-state index in [4.69, 9.17) is 0 Å². The van der Waals surface area contributed by atoms with Crippen molar-refractivity contribution >= 4 is 11.8 Å². The average molecular weight is 464 g/mol. The molecule has 0 unspecified atom stereocenters. The van der Waals surface area contributed by atoms with Crippen LogP contribution in [0.3, 0.4) is 0 Å². The molecule has 1 fully saturated rings. The number of hydrogen-bond donors (Lipinski definition) is 3. The third kappa shape index (κ3) is 5.54. The standard InChI is InChI=1S/C24H27F3N2O4/c1-13(2)9-21(32)29-11-16(31)10-20(29)24(33)28-19(12-30)14-3-5-15(6-4-14)22-17(25)7-8-18(26)23(22)27/h3-8,13,16,19-20,30-31H,9-12H2,1-2H3,(H,28,33)/t16-,19+,20+/m1/s1. The summed E-state index contributed by atoms with van der Waals surface area (Å²) in [4.78, 5) is 26.7. The van der Waals surface area contributed by atoms with E-state index in [0.717, 1.165) is 6.07 Å². The van der Waals surface area contributed by atoms with Crippen molar-refractivity contribution in [1.82, 2.24) is 10.2 Å². The highest BCUT2D eigenvalue weighted by Crippen LogP contribution is 2.29. The summed E-state index contributed by atoms with van der Waals surface area (Å²) in [5.41, 5.74) is 0.0384. The average Bonchev–Trinajstić information content (AvgIpc) is 3.17. The number of hydrogen-bond acceptors (Lipinski definition) is 4. The fraction of sp³-hybridized carbons (Fsp3) is 0.417. The molecule has 178 valence electrons. The number of aliphatic hydroxyl groups excluding tert-OH is 2. The molecule has 9 heteroatoms. The summed E-state index contributed by atoms with van der Waals surface area (Å²) in [5, 5.41) is 22.5. The van der Waals surface area contributed by atoms with Crippen LogP contribution in [0.2, 0.25) is 0 Å². The molecule has 1 aliphatic heterocycles. The van der Waals surface area contributed by atoms with Gasteiger partial charge in [0.25, 0.3) is 0 Å². The summed E-state index contributed by atoms with van der Waals surface area (Å²) in [6, 6.07) is 5.47. The van der Waals surface area contributed by atoms with Gasteiger partial charge in [-0.05, 0) is 29.2 Å². The van der Waals surface area contributed by atoms with Crippen molar-refractivity contribution in [3.8, 4) is 11.1 Å². The van der Waals surface area contributed by atoms with Crippen molar-refractivity contribution in [1.29, 1.82) is 0 Å². The zero-order chi connectivity index (χ0) is 24.3. The molecule has 0 aliphatic carbocycles. The van der Waals surface area contributed by atoms with Crippen molar-refractivity contribution < 1.29 is 33.0 Å². The predicted octanol–water partition coefficient (Wildman–Crippen LogP) is 2.93. The molecule has 0 spiro atoms. The Labute approximate surface area is 190 Å². The summed E-state index contributed by atoms with van der Waals surface area (Å²) < 4.78 is 41.6. The van der Waals surface area contributed by atoms with Gasteiger partial charge < -0.3 is 20.4 Å². The summed E-state index contributed by atoms with van der Waals surface area (Å²) in [6.45, 7) is 3.36. The quantitative estimate of drug-likeness (QED) is 0.550. The van der Waals surface area contributed by atoms with Gasteiger partial charge in [-0.1, -0.05) is 38.1 Å². The molecule has 1 aliphatic rings. The lowest BCUT2D eigenvalue weighted by atomic mass is 9.99. The molecule has 1 heterocycles. The molecule has 3 N–H and O–H groups in total. The Balaban J connectivity index is 1.76. The zero-order valence-corrected chi connectivity index (χ0v) is 18.4. The Morgan fingerprint density at radius 1 is 1.09 bits per heavy atom. The van der Waals surface area contributed by atoms with Gasteiger partial charge >= 0.3 is 0 Å². The Morgan fingerprint density at radius 2 is 1.73 bits per heavy atom. The number of amides is 2. The fourth-order valence-corrected chi connectivity index (χ4v) is 3.98. The summed E-state index contributed by atoms with van der Waals surface area (Å²) in [7, 11) is 0. The van der Waals surface area contributed by atoms with Gasteiger partial charge in [-0.25, -0.2) is 13.2 Å². The Hall–Kier alpha value is -2.91. The van der Waals surface area contributed by atoms with Crippen molar-refractivity contribution in [2.75, 3.05) is 13.2 Å². The van der Waals surface area contributed by atoms with Crippen LogP contribution in [-0.2, 0) is 9.59 Å². The second-order valence-corrected chi connectivity index (χ2v) is 8.63. The van der Waals surface area contributed by atoms with Crippen LogP contribution in [0.4, 0.5) is 13.2 Å². The minimum atomic E-state index is -1.30. The number of nitrogens with one attached hydrogen (secondary N) is 1. The molecule has 33 heavy (non-hydrogen) atoms. The number of carbonyl (C=O) groups is 2. The van der Waals surface area contributed by atoms with Gasteiger partial charge in [0.1, 0.15) is 11.9 Å². The highest BCUT2D eigenvalue weighted by molar-refractivity contribution is 5.88. The third-order valence-electron chi connectivity index (χ3n) is 5.63. The molecule has 1 saturated heterocycles. The first kappa shape index (κ1) is 24.7. The van der Waals surface area contributed by atoms with E-state index in [0.29, 0.717) is 11.6 Å². The van der Waals surface area contributed by atoms with E-state index in [1.165, 1.54) is 29.2 Å². The maximum atomic E-state index is 14.1. The number of aliphatic hydroxyl groups is 2. The maximum Gasteiger partial charge on any atom is 0.243 e. The van der Waals surface area contributed by atoms with Crippen LogP contribution in [-0.4, -0.2) is 52.2 Å². The number of benzene rings is 2. The molecular formula is C24H27F3N2O4. The number of likely N-dealkylation sites (tertiary alicyclic amines) is 1. The highest BCUT2D eigenvalue weighted by Gasteiger charge is 2.39. The topological polar surface area (TPSA) is 89.9 Å². The van der Waals surface area contributed by atoms with Crippen LogP contribution in [0.15, 0.2) is 36.4 Å². The molecule has 0 bridgehead atoms. The van der Waals surface area contributed by atoms with E-state index in [2.05, 4.69) is 5.32 Å². The largest absolute Gasteiger partial charge is 0.394 e. The lowest BCUT2D eigenvalue weighted by molar-refractivity contribution is -0.139. The first-order valence-corrected chi connectivity index (χ1v) is 10.7. The fourth-order valence-electron chi connectivity index (χ4n) is 3.98. The third-order valence-corrected chi connectivity index (χ3v) is 5.63. The highest BCUT2D eigenvalue weighted by atomic mass is 19.2. The zero-order valence-electron chi connectivity index (χ0n) is 18.4. The van der Waals surface area contributed by atoms with Crippen LogP contribution in [0.1, 0.15) is 38.3 Å². The van der Waals surface area contributed by atoms with E-state index in [1.54, 1.807) is 0 Å². The second kappa shape index (κ2) is 10.4. The molecular weight excluding hydrogens is 437 g/mol. The first-order chi connectivity index (χ1) is 15.6. The van der Waals surface area contributed by atoms with Crippen molar-refractivity contribution in [2.24, 2.45) is 5.92 Å². The Bertz CT molecular complexity index is 1010. The number of halogens is 3. The Morgan fingerprint density at radius 3 is 2.33 bits per heavy atom. The maximum absolute atomic E-state index is 14.1. The summed E-state index contributed by atoms with van der Waals surface area (Å²) in [6.07, 6.45) is -0.487. The first-order valence-electron chi connectivity index (χ1n) is 10.7. The van der Waals surface area contributed by atoms with E-state index >= 15 is 0 Å². The van der Waals surface area contributed by atoms with Gasteiger partial charge in [-0.15, -0.1) is 0 Å². The molecule has 3 atom stereocenters. The SMILES string of the molecule is CC(C)CC(=O)N1C[C@H](O)C[C@H]1C(=O)N[C@@H](CO)c1ccc(-c2c(F)ccc(F)c2F)cc1. The number of nitrogens with zero attached hydrogens (tertiary/aromatic N) is 1. The van der Waals surface area contributed by atoms with E-state index < -0.39 is 53.7 Å². The van der Waals surface area contributed by atoms with Gasteiger partial charge in [-0.3, -0.25) is 9.59 Å². The predicted molar refractivity (Wildman–Crippen MR) is 115 cm³/mol. The van der Waals surface area contributed by atoms with Crippen molar-refractivity contribution in [3.05, 3.63) is 59.4 Å². The minimum Gasteiger partial charge on any atom is -0.394 e. The molecule has 0 aromatic heterocycles. The number of carbonyl (C=O) groups excluding carboxylic acids is 2. The molecule has 3 rings (SSSR count). The number of β-amino-alcohol motifs (C(OH)–C–C–N with tert-alkyl or cyclic N) is 1. The van der Waals surface area contributed by atoms with E-state index in [-0.39, 0.29) is 36.8 Å². The molecule has 2 aromatic rings. The number of rotatable bonds is 7. The molecule has 0 radical (unpaired) electrons.